The Morgan fingerprint density at radius 3 is 2.88 bits per heavy atom. The molecule has 0 radical (unpaired) electrons. The molecule has 0 spiro atoms. The van der Waals surface area contributed by atoms with Crippen molar-refractivity contribution in [2.45, 2.75) is 44.8 Å². The molecule has 2 heterocycles. The minimum Gasteiger partial charge on any atom is -0.460 e. The fourth-order valence-corrected chi connectivity index (χ4v) is 4.09. The van der Waals surface area contributed by atoms with Crippen LogP contribution in [0.5, 0.6) is 0 Å². The fourth-order valence-electron chi connectivity index (χ4n) is 4.09. The van der Waals surface area contributed by atoms with E-state index in [1.54, 1.807) is 0 Å². The van der Waals surface area contributed by atoms with E-state index in [1.165, 1.54) is 32.1 Å². The summed E-state index contributed by atoms with van der Waals surface area (Å²) in [5, 5.41) is 4.24. The number of hydrogen-bond acceptors (Lipinski definition) is 4. The molecular formula is C21H28N2O3. The Bertz CT molecular complexity index is 703. The summed E-state index contributed by atoms with van der Waals surface area (Å²) in [4.78, 5) is 14.7. The number of carbonyl (C=O) groups is 1. The largest absolute Gasteiger partial charge is 0.460 e. The van der Waals surface area contributed by atoms with Gasteiger partial charge in [0.2, 0.25) is 5.91 Å². The van der Waals surface area contributed by atoms with Crippen molar-refractivity contribution < 1.29 is 13.9 Å². The molecule has 2 fully saturated rings. The molecule has 1 atom stereocenters. The third-order valence-corrected chi connectivity index (χ3v) is 5.59. The van der Waals surface area contributed by atoms with Crippen molar-refractivity contribution in [2.75, 3.05) is 26.2 Å². The predicted octanol–water partition coefficient (Wildman–Crippen LogP) is 3.33. The Kier molecular flexibility index (Phi) is 5.56. The Balaban J connectivity index is 1.29. The minimum absolute atomic E-state index is 0.0323. The van der Waals surface area contributed by atoms with Gasteiger partial charge in [0.05, 0.1) is 13.2 Å². The van der Waals surface area contributed by atoms with E-state index in [2.05, 4.69) is 22.3 Å². The van der Waals surface area contributed by atoms with Gasteiger partial charge in [-0.05, 0) is 30.9 Å². The maximum Gasteiger partial charge on any atom is 0.250 e. The number of ether oxygens (including phenoxy) is 1. The number of nitrogens with one attached hydrogen (secondary N) is 1. The highest BCUT2D eigenvalue weighted by Gasteiger charge is 2.27. The molecule has 5 nitrogen and oxygen atoms in total. The second kappa shape index (κ2) is 8.23. The number of hydrogen-bond donors (Lipinski definition) is 1. The summed E-state index contributed by atoms with van der Waals surface area (Å²) in [6.07, 6.45) is 6.04. The van der Waals surface area contributed by atoms with Crippen LogP contribution in [0.25, 0.3) is 11.0 Å². The van der Waals surface area contributed by atoms with Crippen LogP contribution in [0.4, 0.5) is 0 Å². The van der Waals surface area contributed by atoms with E-state index in [-0.39, 0.29) is 12.0 Å². The van der Waals surface area contributed by atoms with Crippen molar-refractivity contribution in [3.05, 3.63) is 36.1 Å². The molecule has 1 N–H and O–H groups in total. The average molecular weight is 356 g/mol. The Labute approximate surface area is 154 Å². The molecule has 1 aromatic heterocycles. The second-order valence-electron chi connectivity index (χ2n) is 7.59. The summed E-state index contributed by atoms with van der Waals surface area (Å²) in [5.74, 6) is 1.61. The van der Waals surface area contributed by atoms with Crippen LogP contribution < -0.4 is 5.32 Å². The molecule has 2 aliphatic rings. The maximum atomic E-state index is 12.5. The first-order valence-electron chi connectivity index (χ1n) is 9.87. The number of fused-ring (bicyclic) bond motifs is 1. The van der Waals surface area contributed by atoms with Crippen LogP contribution in [-0.2, 0) is 16.1 Å². The van der Waals surface area contributed by atoms with Gasteiger partial charge in [-0.1, -0.05) is 37.5 Å². The van der Waals surface area contributed by atoms with E-state index in [1.807, 2.05) is 18.2 Å². The second-order valence-corrected chi connectivity index (χ2v) is 7.59. The van der Waals surface area contributed by atoms with Crippen LogP contribution in [0.15, 0.2) is 34.7 Å². The summed E-state index contributed by atoms with van der Waals surface area (Å²) in [7, 11) is 0. The molecule has 1 aliphatic carbocycles. The molecule has 1 saturated heterocycles. The number of morpholine rings is 1. The van der Waals surface area contributed by atoms with E-state index in [4.69, 9.17) is 9.15 Å². The van der Waals surface area contributed by atoms with Crippen LogP contribution in [0.1, 0.15) is 37.9 Å². The highest BCUT2D eigenvalue weighted by molar-refractivity contribution is 5.81. The highest BCUT2D eigenvalue weighted by Crippen LogP contribution is 2.23. The number of para-hydroxylation sites is 1. The smallest absolute Gasteiger partial charge is 0.250 e. The number of amides is 1. The zero-order valence-corrected chi connectivity index (χ0v) is 15.3. The van der Waals surface area contributed by atoms with Crippen molar-refractivity contribution in [1.29, 1.82) is 0 Å². The molecule has 1 aliphatic heterocycles. The van der Waals surface area contributed by atoms with E-state index in [0.29, 0.717) is 25.6 Å². The molecule has 1 amide bonds. The first-order valence-corrected chi connectivity index (χ1v) is 9.87. The number of benzene rings is 1. The lowest BCUT2D eigenvalue weighted by Gasteiger charge is -2.32. The fraction of sp³-hybridized carbons (Fsp3) is 0.571. The lowest BCUT2D eigenvalue weighted by Crippen LogP contribution is -2.50. The molecule has 0 bridgehead atoms. The van der Waals surface area contributed by atoms with Gasteiger partial charge in [-0.2, -0.15) is 0 Å². The zero-order chi connectivity index (χ0) is 17.8. The summed E-state index contributed by atoms with van der Waals surface area (Å²) in [6.45, 7) is 3.53. The van der Waals surface area contributed by atoms with Gasteiger partial charge >= 0.3 is 0 Å². The summed E-state index contributed by atoms with van der Waals surface area (Å²) < 4.78 is 11.6. The SMILES string of the molecule is O=C(NCC1CCCCC1)[C@@H]1CN(Cc2cc3ccccc3o2)CCO1. The number of rotatable bonds is 5. The first-order chi connectivity index (χ1) is 12.8. The molecule has 2 aromatic rings. The van der Waals surface area contributed by atoms with Gasteiger partial charge in [-0.15, -0.1) is 0 Å². The number of furan rings is 1. The van der Waals surface area contributed by atoms with Crippen molar-refractivity contribution in [3.8, 4) is 0 Å². The van der Waals surface area contributed by atoms with Crippen LogP contribution in [0, 0.1) is 5.92 Å². The normalized spacial score (nSPS) is 22.5. The van der Waals surface area contributed by atoms with Crippen LogP contribution in [-0.4, -0.2) is 43.2 Å². The Morgan fingerprint density at radius 2 is 2.04 bits per heavy atom. The minimum atomic E-state index is -0.378. The van der Waals surface area contributed by atoms with Gasteiger partial charge in [-0.3, -0.25) is 9.69 Å². The Morgan fingerprint density at radius 1 is 1.19 bits per heavy atom. The van der Waals surface area contributed by atoms with Crippen molar-refractivity contribution in [1.82, 2.24) is 10.2 Å². The third-order valence-electron chi connectivity index (χ3n) is 5.59. The molecule has 5 heteroatoms. The predicted molar refractivity (Wildman–Crippen MR) is 101 cm³/mol. The van der Waals surface area contributed by atoms with E-state index in [0.717, 1.165) is 29.8 Å². The van der Waals surface area contributed by atoms with E-state index < -0.39 is 0 Å². The maximum absolute atomic E-state index is 12.5. The van der Waals surface area contributed by atoms with Gasteiger partial charge < -0.3 is 14.5 Å². The lowest BCUT2D eigenvalue weighted by atomic mass is 9.89. The van der Waals surface area contributed by atoms with Gasteiger partial charge in [0, 0.05) is 25.0 Å². The topological polar surface area (TPSA) is 54.7 Å². The van der Waals surface area contributed by atoms with Gasteiger partial charge in [0.1, 0.15) is 17.4 Å². The Hall–Kier alpha value is -1.85. The monoisotopic (exact) mass is 356 g/mol. The van der Waals surface area contributed by atoms with E-state index in [9.17, 15) is 4.79 Å². The lowest BCUT2D eigenvalue weighted by molar-refractivity contribution is -0.139. The van der Waals surface area contributed by atoms with Crippen molar-refractivity contribution >= 4 is 16.9 Å². The summed E-state index contributed by atoms with van der Waals surface area (Å²) in [5.41, 5.74) is 0.914. The first kappa shape index (κ1) is 17.6. The average Bonchev–Trinajstić information content (AvgIpc) is 3.09. The van der Waals surface area contributed by atoms with Gasteiger partial charge in [0.15, 0.2) is 0 Å². The van der Waals surface area contributed by atoms with E-state index >= 15 is 0 Å². The number of carbonyl (C=O) groups excluding carboxylic acids is 1. The highest BCUT2D eigenvalue weighted by atomic mass is 16.5. The molecule has 1 aromatic carbocycles. The summed E-state index contributed by atoms with van der Waals surface area (Å²) in [6, 6.07) is 10.1. The molecule has 140 valence electrons. The van der Waals surface area contributed by atoms with Crippen LogP contribution in [0.2, 0.25) is 0 Å². The third kappa shape index (κ3) is 4.27. The molecule has 1 saturated carbocycles. The van der Waals surface area contributed by atoms with Crippen molar-refractivity contribution in [3.63, 3.8) is 0 Å². The van der Waals surface area contributed by atoms with Crippen LogP contribution in [0.3, 0.4) is 0 Å². The van der Waals surface area contributed by atoms with Crippen LogP contribution >= 0.6 is 0 Å². The van der Waals surface area contributed by atoms with Gasteiger partial charge in [0.25, 0.3) is 0 Å². The quantitative estimate of drug-likeness (QED) is 0.893. The standard InChI is InChI=1S/C21H28N2O3/c24-21(22-13-16-6-2-1-3-7-16)20-15-23(10-11-25-20)14-18-12-17-8-4-5-9-19(17)26-18/h4-5,8-9,12,16,20H,1-3,6-7,10-11,13-15H2,(H,22,24)/t20-/m0/s1. The summed E-state index contributed by atoms with van der Waals surface area (Å²) >= 11 is 0. The molecule has 4 rings (SSSR count). The molecule has 0 unspecified atom stereocenters. The molecular weight excluding hydrogens is 328 g/mol. The zero-order valence-electron chi connectivity index (χ0n) is 15.3. The van der Waals surface area contributed by atoms with Gasteiger partial charge in [-0.25, -0.2) is 0 Å². The molecule has 26 heavy (non-hydrogen) atoms. The van der Waals surface area contributed by atoms with Crippen molar-refractivity contribution in [2.24, 2.45) is 5.92 Å². The number of nitrogens with zero attached hydrogens (tertiary/aromatic N) is 1.